The van der Waals surface area contributed by atoms with E-state index in [1.54, 1.807) is 18.3 Å². The van der Waals surface area contributed by atoms with Gasteiger partial charge in [-0.1, -0.05) is 0 Å². The normalized spacial score (nSPS) is 15.9. The monoisotopic (exact) mass is 434 g/mol. The van der Waals surface area contributed by atoms with E-state index in [-0.39, 0.29) is 11.4 Å². The summed E-state index contributed by atoms with van der Waals surface area (Å²) >= 11 is 6.58. The molecule has 1 aromatic carbocycles. The van der Waals surface area contributed by atoms with Gasteiger partial charge < -0.3 is 10.3 Å². The van der Waals surface area contributed by atoms with Crippen molar-refractivity contribution in [3.63, 3.8) is 0 Å². The molecule has 1 aliphatic heterocycles. The van der Waals surface area contributed by atoms with Crippen molar-refractivity contribution in [1.82, 2.24) is 13.9 Å². The van der Waals surface area contributed by atoms with Gasteiger partial charge in [0.2, 0.25) is 10.0 Å². The summed E-state index contributed by atoms with van der Waals surface area (Å²) in [5.41, 5.74) is 6.21. The highest BCUT2D eigenvalue weighted by molar-refractivity contribution is 9.11. The number of benzene rings is 1. The number of anilines is 1. The summed E-state index contributed by atoms with van der Waals surface area (Å²) in [6, 6.07) is 3.17. The number of sulfonamides is 1. The predicted molar refractivity (Wildman–Crippen MR) is 86.1 cm³/mol. The van der Waals surface area contributed by atoms with Gasteiger partial charge in [0.05, 0.1) is 6.54 Å². The van der Waals surface area contributed by atoms with Crippen molar-refractivity contribution in [3.8, 4) is 0 Å². The Morgan fingerprint density at radius 2 is 1.86 bits per heavy atom. The molecule has 0 spiro atoms. The molecule has 0 atom stereocenters. The van der Waals surface area contributed by atoms with E-state index in [1.807, 2.05) is 10.8 Å². The number of nitrogen functional groups attached to an aromatic ring is 1. The van der Waals surface area contributed by atoms with E-state index >= 15 is 0 Å². The number of rotatable bonds is 2. The average molecular weight is 436 g/mol. The molecule has 6 nitrogen and oxygen atoms in total. The van der Waals surface area contributed by atoms with Crippen molar-refractivity contribution in [2.45, 2.75) is 18.0 Å². The second kappa shape index (κ2) is 5.38. The molecule has 2 aromatic rings. The number of nitrogens with two attached hydrogens (primary N) is 1. The van der Waals surface area contributed by atoms with Gasteiger partial charge in [0.25, 0.3) is 0 Å². The van der Waals surface area contributed by atoms with Crippen LogP contribution in [0.5, 0.6) is 0 Å². The predicted octanol–water partition coefficient (Wildman–Crippen LogP) is 2.19. The maximum Gasteiger partial charge on any atom is 0.245 e. The first kappa shape index (κ1) is 15.0. The number of aromatic nitrogens is 2. The molecule has 2 heterocycles. The van der Waals surface area contributed by atoms with E-state index in [0.717, 1.165) is 5.82 Å². The third kappa shape index (κ3) is 2.63. The van der Waals surface area contributed by atoms with Crippen LogP contribution >= 0.6 is 31.9 Å². The Morgan fingerprint density at radius 3 is 2.52 bits per heavy atom. The van der Waals surface area contributed by atoms with Gasteiger partial charge in [0.1, 0.15) is 10.7 Å². The lowest BCUT2D eigenvalue weighted by Gasteiger charge is -2.27. The van der Waals surface area contributed by atoms with Crippen molar-refractivity contribution >= 4 is 47.6 Å². The number of fused-ring (bicyclic) bond motifs is 1. The van der Waals surface area contributed by atoms with Crippen molar-refractivity contribution in [3.05, 3.63) is 39.3 Å². The summed E-state index contributed by atoms with van der Waals surface area (Å²) in [6.45, 7) is 1.27. The molecule has 0 unspecified atom stereocenters. The SMILES string of the molecule is Nc1cc(Br)c(S(=O)(=O)N2CCn3ccnc3C2)c(Br)c1. The molecule has 21 heavy (non-hydrogen) atoms. The highest BCUT2D eigenvalue weighted by Gasteiger charge is 2.32. The minimum Gasteiger partial charge on any atom is -0.399 e. The minimum absolute atomic E-state index is 0.191. The number of hydrogen-bond acceptors (Lipinski definition) is 4. The first-order chi connectivity index (χ1) is 9.89. The van der Waals surface area contributed by atoms with Crippen molar-refractivity contribution in [2.24, 2.45) is 0 Å². The molecular weight excluding hydrogens is 424 g/mol. The highest BCUT2D eigenvalue weighted by Crippen LogP contribution is 2.35. The lowest BCUT2D eigenvalue weighted by molar-refractivity contribution is 0.335. The Bertz CT molecular complexity index is 780. The Kier molecular flexibility index (Phi) is 3.85. The Morgan fingerprint density at radius 1 is 1.19 bits per heavy atom. The van der Waals surface area contributed by atoms with Crippen LogP contribution in [0, 0.1) is 0 Å². The van der Waals surface area contributed by atoms with E-state index in [9.17, 15) is 8.42 Å². The van der Waals surface area contributed by atoms with Crippen LogP contribution in [-0.2, 0) is 23.1 Å². The Hall–Kier alpha value is -0.900. The summed E-state index contributed by atoms with van der Waals surface area (Å²) in [4.78, 5) is 4.38. The van der Waals surface area contributed by atoms with Crippen LogP contribution in [0.15, 0.2) is 38.4 Å². The zero-order valence-corrected chi connectivity index (χ0v) is 14.8. The largest absolute Gasteiger partial charge is 0.399 e. The fraction of sp³-hybridized carbons (Fsp3) is 0.250. The maximum atomic E-state index is 12.9. The summed E-state index contributed by atoms with van der Waals surface area (Å²) in [5, 5.41) is 0. The number of halogens is 2. The van der Waals surface area contributed by atoms with E-state index in [4.69, 9.17) is 5.73 Å². The Labute approximate surface area is 139 Å². The molecule has 3 rings (SSSR count). The smallest absolute Gasteiger partial charge is 0.245 e. The number of nitrogens with zero attached hydrogens (tertiary/aromatic N) is 3. The van der Waals surface area contributed by atoms with Crippen LogP contribution in [0.2, 0.25) is 0 Å². The van der Waals surface area contributed by atoms with Crippen LogP contribution in [0.25, 0.3) is 0 Å². The standard InChI is InChI=1S/C12H12Br2N4O2S/c13-9-5-8(15)6-10(14)12(9)21(19,20)18-4-3-17-2-1-16-11(17)7-18/h1-2,5-6H,3-4,7,15H2. The van der Waals surface area contributed by atoms with Gasteiger partial charge in [0, 0.05) is 40.1 Å². The number of hydrogen-bond donors (Lipinski definition) is 1. The molecule has 0 amide bonds. The van der Waals surface area contributed by atoms with E-state index in [2.05, 4.69) is 36.8 Å². The molecule has 1 aromatic heterocycles. The molecule has 0 bridgehead atoms. The van der Waals surface area contributed by atoms with Crippen molar-refractivity contribution in [1.29, 1.82) is 0 Å². The van der Waals surface area contributed by atoms with Crippen LogP contribution in [0.4, 0.5) is 5.69 Å². The third-order valence-electron chi connectivity index (χ3n) is 3.33. The second-order valence-corrected chi connectivity index (χ2v) is 8.27. The molecule has 112 valence electrons. The molecular formula is C12H12Br2N4O2S. The number of imidazole rings is 1. The highest BCUT2D eigenvalue weighted by atomic mass is 79.9. The first-order valence-corrected chi connectivity index (χ1v) is 9.17. The third-order valence-corrected chi connectivity index (χ3v) is 7.05. The minimum atomic E-state index is -3.63. The summed E-state index contributed by atoms with van der Waals surface area (Å²) in [6.07, 6.45) is 3.54. The zero-order chi connectivity index (χ0) is 15.2. The lowest BCUT2D eigenvalue weighted by Crippen LogP contribution is -2.38. The molecule has 0 aliphatic carbocycles. The van der Waals surface area contributed by atoms with E-state index in [0.29, 0.717) is 27.7 Å². The molecule has 9 heteroatoms. The lowest BCUT2D eigenvalue weighted by atomic mass is 10.3. The quantitative estimate of drug-likeness (QED) is 0.733. The fourth-order valence-corrected chi connectivity index (χ4v) is 6.24. The van der Waals surface area contributed by atoms with Gasteiger partial charge in [0.15, 0.2) is 0 Å². The molecule has 0 saturated heterocycles. The van der Waals surface area contributed by atoms with Gasteiger partial charge in [-0.3, -0.25) is 0 Å². The van der Waals surface area contributed by atoms with Crippen LogP contribution in [0.3, 0.4) is 0 Å². The molecule has 2 N–H and O–H groups in total. The van der Waals surface area contributed by atoms with Crippen LogP contribution < -0.4 is 5.73 Å². The van der Waals surface area contributed by atoms with Gasteiger partial charge in [-0.15, -0.1) is 0 Å². The van der Waals surface area contributed by atoms with Crippen LogP contribution in [-0.4, -0.2) is 28.8 Å². The van der Waals surface area contributed by atoms with Gasteiger partial charge >= 0.3 is 0 Å². The topological polar surface area (TPSA) is 81.2 Å². The maximum absolute atomic E-state index is 12.9. The van der Waals surface area contributed by atoms with E-state index < -0.39 is 10.0 Å². The average Bonchev–Trinajstić information content (AvgIpc) is 2.83. The van der Waals surface area contributed by atoms with Gasteiger partial charge in [-0.25, -0.2) is 13.4 Å². The van der Waals surface area contributed by atoms with Crippen molar-refractivity contribution < 1.29 is 8.42 Å². The summed E-state index contributed by atoms with van der Waals surface area (Å²) < 4.78 is 30.0. The van der Waals surface area contributed by atoms with E-state index in [1.165, 1.54) is 4.31 Å². The molecule has 0 fully saturated rings. The van der Waals surface area contributed by atoms with Gasteiger partial charge in [-0.2, -0.15) is 4.31 Å². The molecule has 0 saturated carbocycles. The van der Waals surface area contributed by atoms with Crippen LogP contribution in [0.1, 0.15) is 5.82 Å². The molecule has 1 aliphatic rings. The van der Waals surface area contributed by atoms with Crippen molar-refractivity contribution in [2.75, 3.05) is 12.3 Å². The Balaban J connectivity index is 2.03. The summed E-state index contributed by atoms with van der Waals surface area (Å²) in [5.74, 6) is 0.743. The fourth-order valence-electron chi connectivity index (χ4n) is 2.31. The zero-order valence-electron chi connectivity index (χ0n) is 10.8. The summed E-state index contributed by atoms with van der Waals surface area (Å²) in [7, 11) is -3.63. The second-order valence-electron chi connectivity index (χ2n) is 4.69. The van der Waals surface area contributed by atoms with Gasteiger partial charge in [-0.05, 0) is 44.0 Å². The first-order valence-electron chi connectivity index (χ1n) is 6.14. The molecule has 0 radical (unpaired) electrons.